The van der Waals surface area contributed by atoms with Crippen LogP contribution >= 0.6 is 0 Å². The number of likely N-dealkylation sites (tertiary alicyclic amines) is 2. The molecule has 4 fully saturated rings. The number of ether oxygens (including phenoxy) is 2. The Bertz CT molecular complexity index is 1630. The van der Waals surface area contributed by atoms with Crippen LogP contribution in [0.25, 0.3) is 11.1 Å². The Morgan fingerprint density at radius 1 is 0.960 bits per heavy atom. The van der Waals surface area contributed by atoms with Crippen molar-refractivity contribution in [3.8, 4) is 22.6 Å². The van der Waals surface area contributed by atoms with Crippen LogP contribution in [0.3, 0.4) is 0 Å². The largest absolute Gasteiger partial charge is 0.457 e. The molecule has 1 N–H and O–H groups in total. The molecule has 2 amide bonds. The Morgan fingerprint density at radius 3 is 2.34 bits per heavy atom. The number of aromatic nitrogens is 1. The van der Waals surface area contributed by atoms with Gasteiger partial charge in [-0.05, 0) is 80.6 Å². The monoisotopic (exact) mass is 684 g/mol. The van der Waals surface area contributed by atoms with E-state index in [1.165, 1.54) is 12.1 Å². The third-order valence-electron chi connectivity index (χ3n) is 10.7. The SMILES string of the molecule is CC1CC(=O)N(Cc2cc(F)c(C(=O)NC3CCN(C4CCOCC4)CC3)cc2Oc2ccc(-c3ccc(N4CCN(C)CC4)nc3)cc2)C1. The first-order chi connectivity index (χ1) is 24.3. The molecular weight excluding hydrogens is 635 g/mol. The number of anilines is 1. The number of carbonyl (C=O) groups excluding carboxylic acids is 2. The van der Waals surface area contributed by atoms with Gasteiger partial charge in [-0.25, -0.2) is 9.37 Å². The molecule has 0 bridgehead atoms. The summed E-state index contributed by atoms with van der Waals surface area (Å²) >= 11 is 0. The van der Waals surface area contributed by atoms with Crippen LogP contribution in [-0.2, 0) is 16.1 Å². The lowest BCUT2D eigenvalue weighted by atomic mass is 9.99. The van der Waals surface area contributed by atoms with Crippen molar-refractivity contribution in [3.05, 3.63) is 71.7 Å². The summed E-state index contributed by atoms with van der Waals surface area (Å²) in [7, 11) is 2.14. The molecule has 1 unspecified atom stereocenters. The number of carbonyl (C=O) groups is 2. The maximum Gasteiger partial charge on any atom is 0.254 e. The quantitative estimate of drug-likeness (QED) is 0.330. The summed E-state index contributed by atoms with van der Waals surface area (Å²) in [5, 5.41) is 3.09. The third kappa shape index (κ3) is 8.11. The van der Waals surface area contributed by atoms with Gasteiger partial charge in [-0.15, -0.1) is 0 Å². The van der Waals surface area contributed by atoms with Crippen LogP contribution in [0.1, 0.15) is 54.9 Å². The number of piperidine rings is 1. The van der Waals surface area contributed by atoms with E-state index in [9.17, 15) is 9.59 Å². The molecule has 266 valence electrons. The highest BCUT2D eigenvalue weighted by Gasteiger charge is 2.30. The van der Waals surface area contributed by atoms with Crippen molar-refractivity contribution in [2.24, 2.45) is 5.92 Å². The van der Waals surface area contributed by atoms with E-state index < -0.39 is 11.7 Å². The van der Waals surface area contributed by atoms with Gasteiger partial charge in [-0.1, -0.05) is 19.1 Å². The van der Waals surface area contributed by atoms with Crippen LogP contribution < -0.4 is 15.0 Å². The number of benzene rings is 2. The van der Waals surface area contributed by atoms with Crippen LogP contribution in [0.2, 0.25) is 0 Å². The summed E-state index contributed by atoms with van der Waals surface area (Å²) in [6.45, 7) is 10.2. The average Bonchev–Trinajstić information content (AvgIpc) is 3.46. The number of amides is 2. The fraction of sp³-hybridized carbons (Fsp3) is 0.513. The molecule has 0 aliphatic carbocycles. The molecule has 4 aliphatic heterocycles. The summed E-state index contributed by atoms with van der Waals surface area (Å²) in [6.07, 6.45) is 6.10. The van der Waals surface area contributed by atoms with Crippen molar-refractivity contribution in [1.82, 2.24) is 25.0 Å². The molecule has 10 nitrogen and oxygen atoms in total. The van der Waals surface area contributed by atoms with Crippen LogP contribution in [0.5, 0.6) is 11.5 Å². The first-order valence-electron chi connectivity index (χ1n) is 18.2. The van der Waals surface area contributed by atoms with Gasteiger partial charge in [0.2, 0.25) is 5.91 Å². The molecule has 0 radical (unpaired) electrons. The second-order valence-electron chi connectivity index (χ2n) is 14.5. The highest BCUT2D eigenvalue weighted by molar-refractivity contribution is 5.95. The van der Waals surface area contributed by atoms with Gasteiger partial charge >= 0.3 is 0 Å². The Morgan fingerprint density at radius 2 is 1.68 bits per heavy atom. The van der Waals surface area contributed by atoms with Crippen LogP contribution in [0.4, 0.5) is 10.2 Å². The molecular formula is C39H49FN6O4. The number of rotatable bonds is 9. The fourth-order valence-electron chi connectivity index (χ4n) is 7.66. The molecule has 4 aliphatic rings. The number of piperazine rings is 1. The molecule has 1 atom stereocenters. The summed E-state index contributed by atoms with van der Waals surface area (Å²) in [4.78, 5) is 39.8. The second-order valence-corrected chi connectivity index (χ2v) is 14.5. The highest BCUT2D eigenvalue weighted by atomic mass is 19.1. The first-order valence-corrected chi connectivity index (χ1v) is 18.2. The predicted octanol–water partition coefficient (Wildman–Crippen LogP) is 5.17. The minimum Gasteiger partial charge on any atom is -0.457 e. The van der Waals surface area contributed by atoms with E-state index in [4.69, 9.17) is 14.5 Å². The Balaban J connectivity index is 1.05. The maximum absolute atomic E-state index is 15.7. The van der Waals surface area contributed by atoms with E-state index in [-0.39, 0.29) is 30.0 Å². The van der Waals surface area contributed by atoms with Gasteiger partial charge in [0.1, 0.15) is 23.1 Å². The van der Waals surface area contributed by atoms with Gasteiger partial charge in [-0.2, -0.15) is 0 Å². The van der Waals surface area contributed by atoms with Gasteiger partial charge in [-0.3, -0.25) is 9.59 Å². The lowest BCUT2D eigenvalue weighted by Crippen LogP contribution is -2.49. The maximum atomic E-state index is 15.7. The van der Waals surface area contributed by atoms with Crippen LogP contribution in [-0.4, -0.2) is 110 Å². The molecule has 0 saturated carbocycles. The number of likely N-dealkylation sites (N-methyl/N-ethyl adjacent to an activating group) is 1. The average molecular weight is 685 g/mol. The van der Waals surface area contributed by atoms with Crippen molar-refractivity contribution in [3.63, 3.8) is 0 Å². The van der Waals surface area contributed by atoms with Gasteiger partial charge in [0, 0.05) is 101 Å². The Labute approximate surface area is 294 Å². The third-order valence-corrected chi connectivity index (χ3v) is 10.7. The summed E-state index contributed by atoms with van der Waals surface area (Å²) in [6, 6.07) is 15.2. The van der Waals surface area contributed by atoms with Crippen LogP contribution in [0.15, 0.2) is 54.7 Å². The van der Waals surface area contributed by atoms with Gasteiger partial charge < -0.3 is 34.4 Å². The van der Waals surface area contributed by atoms with E-state index in [1.807, 2.05) is 37.4 Å². The molecule has 4 saturated heterocycles. The number of nitrogens with zero attached hydrogens (tertiary/aromatic N) is 5. The van der Waals surface area contributed by atoms with E-state index in [2.05, 4.69) is 39.2 Å². The van der Waals surface area contributed by atoms with Gasteiger partial charge in [0.25, 0.3) is 5.91 Å². The van der Waals surface area contributed by atoms with Gasteiger partial charge in [0.15, 0.2) is 0 Å². The number of nitrogens with one attached hydrogen (secondary N) is 1. The number of pyridine rings is 1. The Hall–Kier alpha value is -4.06. The topological polar surface area (TPSA) is 90.5 Å². The normalized spacial score (nSPS) is 21.5. The van der Waals surface area contributed by atoms with Crippen molar-refractivity contribution < 1.29 is 23.5 Å². The van der Waals surface area contributed by atoms with Gasteiger partial charge in [0.05, 0.1) is 5.56 Å². The van der Waals surface area contributed by atoms with Crippen LogP contribution in [0, 0.1) is 11.7 Å². The molecule has 0 spiro atoms. The molecule has 3 aromatic rings. The summed E-state index contributed by atoms with van der Waals surface area (Å²) in [5.74, 6) is 1.11. The zero-order valence-corrected chi connectivity index (χ0v) is 29.3. The first kappa shape index (κ1) is 34.4. The molecule has 50 heavy (non-hydrogen) atoms. The predicted molar refractivity (Wildman–Crippen MR) is 191 cm³/mol. The lowest BCUT2D eigenvalue weighted by Gasteiger charge is -2.39. The van der Waals surface area contributed by atoms with E-state index >= 15 is 4.39 Å². The minimum atomic E-state index is -0.618. The summed E-state index contributed by atoms with van der Waals surface area (Å²) in [5.41, 5.74) is 2.46. The molecule has 1 aromatic heterocycles. The molecule has 5 heterocycles. The second kappa shape index (κ2) is 15.4. The van der Waals surface area contributed by atoms with E-state index in [0.29, 0.717) is 36.1 Å². The van der Waals surface area contributed by atoms with E-state index in [1.54, 1.807) is 4.90 Å². The Kier molecular flexibility index (Phi) is 10.6. The lowest BCUT2D eigenvalue weighted by molar-refractivity contribution is -0.128. The minimum absolute atomic E-state index is 0.0246. The van der Waals surface area contributed by atoms with E-state index in [0.717, 1.165) is 95.1 Å². The molecule has 7 rings (SSSR count). The number of hydrogen-bond acceptors (Lipinski definition) is 8. The number of hydrogen-bond donors (Lipinski definition) is 1. The zero-order valence-electron chi connectivity index (χ0n) is 29.3. The smallest absolute Gasteiger partial charge is 0.254 e. The van der Waals surface area contributed by atoms with Crippen molar-refractivity contribution in [2.75, 3.05) is 71.0 Å². The van der Waals surface area contributed by atoms with Crippen molar-refractivity contribution in [1.29, 1.82) is 0 Å². The highest BCUT2D eigenvalue weighted by Crippen LogP contribution is 2.33. The number of halogens is 1. The zero-order chi connectivity index (χ0) is 34.6. The van der Waals surface area contributed by atoms with Crippen molar-refractivity contribution >= 4 is 17.6 Å². The standard InChI is InChI=1S/C39H49FN6O4/c1-27-21-38(47)46(25-27)26-30-22-35(40)34(39(48)42-31-9-13-44(14-10-31)32-11-19-49-20-12-32)23-36(30)50-33-6-3-28(4-7-33)29-5-8-37(41-24-29)45-17-15-43(2)16-18-45/h3-8,22-24,27,31-32H,9-21,25-26H2,1-2H3,(H,42,48). The molecule has 2 aromatic carbocycles. The summed E-state index contributed by atoms with van der Waals surface area (Å²) < 4.78 is 27.6. The van der Waals surface area contributed by atoms with Crippen molar-refractivity contribution in [2.45, 2.75) is 57.7 Å². The molecule has 11 heteroatoms. The fourth-order valence-corrected chi connectivity index (χ4v) is 7.66.